The highest BCUT2D eigenvalue weighted by Crippen LogP contribution is 2.21. The van der Waals surface area contributed by atoms with Crippen molar-refractivity contribution in [3.63, 3.8) is 0 Å². The minimum Gasteiger partial charge on any atom is -0.449 e. The van der Waals surface area contributed by atoms with Crippen LogP contribution in [0.3, 0.4) is 0 Å². The van der Waals surface area contributed by atoms with Crippen molar-refractivity contribution in [1.29, 1.82) is 0 Å². The number of nitrogens with one attached hydrogen (secondary N) is 1. The van der Waals surface area contributed by atoms with E-state index in [0.29, 0.717) is 11.3 Å². The molecule has 2 rings (SSSR count). The van der Waals surface area contributed by atoms with E-state index in [9.17, 15) is 18.0 Å². The molecule has 2 aromatic carbocycles. The number of nitrogens with two attached hydrogens (primary N) is 1. The van der Waals surface area contributed by atoms with Crippen molar-refractivity contribution in [3.8, 4) is 0 Å². The van der Waals surface area contributed by atoms with Crippen LogP contribution in [-0.2, 0) is 19.6 Å². The number of hydrogen-bond acceptors (Lipinski definition) is 6. The maximum atomic E-state index is 12.3. The highest BCUT2D eigenvalue weighted by Gasteiger charge is 2.21. The highest BCUT2D eigenvalue weighted by molar-refractivity contribution is 7.98. The standard InChI is InChI=1S/C17H18N2O5S2/c1-11(24-17(21)14-5-3-4-6-15(14)25-2)16(20)19-12-7-9-13(10-8-12)26(18,22)23/h3-11H,1-2H3,(H,19,20)(H2,18,22,23)/t11-/m1/s1. The summed E-state index contributed by atoms with van der Waals surface area (Å²) in [5.74, 6) is -1.13. The molecule has 1 atom stereocenters. The van der Waals surface area contributed by atoms with Gasteiger partial charge >= 0.3 is 5.97 Å². The van der Waals surface area contributed by atoms with Crippen LogP contribution in [0, 0.1) is 0 Å². The van der Waals surface area contributed by atoms with Crippen LogP contribution in [-0.4, -0.2) is 32.7 Å². The van der Waals surface area contributed by atoms with Crippen LogP contribution in [0.2, 0.25) is 0 Å². The number of ether oxygens (including phenoxy) is 1. The Morgan fingerprint density at radius 3 is 2.31 bits per heavy atom. The van der Waals surface area contributed by atoms with Crippen molar-refractivity contribution in [2.24, 2.45) is 5.14 Å². The van der Waals surface area contributed by atoms with Gasteiger partial charge in [-0.1, -0.05) is 12.1 Å². The predicted octanol–water partition coefficient (Wildman–Crippen LogP) is 2.24. The maximum Gasteiger partial charge on any atom is 0.340 e. The third-order valence-electron chi connectivity index (χ3n) is 3.43. The Morgan fingerprint density at radius 1 is 1.12 bits per heavy atom. The van der Waals surface area contributed by atoms with Crippen LogP contribution < -0.4 is 10.5 Å². The zero-order valence-corrected chi connectivity index (χ0v) is 15.8. The Balaban J connectivity index is 2.02. The predicted molar refractivity (Wildman–Crippen MR) is 99.5 cm³/mol. The van der Waals surface area contributed by atoms with E-state index in [-0.39, 0.29) is 4.90 Å². The molecule has 138 valence electrons. The molecule has 0 fully saturated rings. The summed E-state index contributed by atoms with van der Waals surface area (Å²) in [6.07, 6.45) is 0.809. The van der Waals surface area contributed by atoms with Gasteiger partial charge in [0.05, 0.1) is 10.5 Å². The molecule has 0 saturated carbocycles. The van der Waals surface area contributed by atoms with Gasteiger partial charge < -0.3 is 10.1 Å². The summed E-state index contributed by atoms with van der Waals surface area (Å²) in [5.41, 5.74) is 0.743. The molecule has 0 heterocycles. The van der Waals surface area contributed by atoms with E-state index < -0.39 is 28.0 Å². The number of benzene rings is 2. The van der Waals surface area contributed by atoms with E-state index >= 15 is 0 Å². The highest BCUT2D eigenvalue weighted by atomic mass is 32.2. The molecule has 0 aliphatic carbocycles. The summed E-state index contributed by atoms with van der Waals surface area (Å²) in [7, 11) is -3.80. The summed E-state index contributed by atoms with van der Waals surface area (Å²) < 4.78 is 27.6. The Morgan fingerprint density at radius 2 is 1.73 bits per heavy atom. The van der Waals surface area contributed by atoms with Gasteiger partial charge in [0.1, 0.15) is 0 Å². The van der Waals surface area contributed by atoms with Crippen molar-refractivity contribution in [1.82, 2.24) is 0 Å². The van der Waals surface area contributed by atoms with Gasteiger partial charge in [0.25, 0.3) is 5.91 Å². The van der Waals surface area contributed by atoms with Gasteiger partial charge in [0, 0.05) is 10.6 Å². The topological polar surface area (TPSA) is 116 Å². The van der Waals surface area contributed by atoms with Crippen molar-refractivity contribution in [3.05, 3.63) is 54.1 Å². The molecule has 3 N–H and O–H groups in total. The average Bonchev–Trinajstić information content (AvgIpc) is 2.61. The Kier molecular flexibility index (Phi) is 6.41. The Bertz CT molecular complexity index is 911. The molecule has 0 aliphatic rings. The van der Waals surface area contributed by atoms with Crippen LogP contribution >= 0.6 is 11.8 Å². The number of primary sulfonamides is 1. The minimum absolute atomic E-state index is 0.0661. The van der Waals surface area contributed by atoms with Gasteiger partial charge in [-0.15, -0.1) is 11.8 Å². The number of rotatable bonds is 6. The fourth-order valence-electron chi connectivity index (χ4n) is 2.06. The van der Waals surface area contributed by atoms with Crippen LogP contribution in [0.1, 0.15) is 17.3 Å². The lowest BCUT2D eigenvalue weighted by molar-refractivity contribution is -0.123. The Labute approximate surface area is 156 Å². The first-order valence-corrected chi connectivity index (χ1v) is 10.3. The molecule has 9 heteroatoms. The van der Waals surface area contributed by atoms with Crippen molar-refractivity contribution in [2.75, 3.05) is 11.6 Å². The molecule has 0 unspecified atom stereocenters. The van der Waals surface area contributed by atoms with E-state index in [1.54, 1.807) is 18.2 Å². The van der Waals surface area contributed by atoms with Gasteiger partial charge in [-0.05, 0) is 49.6 Å². The third-order valence-corrected chi connectivity index (χ3v) is 5.16. The molecule has 26 heavy (non-hydrogen) atoms. The fourth-order valence-corrected chi connectivity index (χ4v) is 3.16. The normalized spacial score (nSPS) is 12.3. The number of anilines is 1. The van der Waals surface area contributed by atoms with E-state index in [0.717, 1.165) is 4.90 Å². The second-order valence-corrected chi connectivity index (χ2v) is 7.72. The third kappa shape index (κ3) is 5.07. The average molecular weight is 394 g/mol. The van der Waals surface area contributed by atoms with Crippen molar-refractivity contribution >= 4 is 39.3 Å². The molecule has 0 radical (unpaired) electrons. The largest absolute Gasteiger partial charge is 0.449 e. The lowest BCUT2D eigenvalue weighted by Gasteiger charge is -2.14. The van der Waals surface area contributed by atoms with Crippen molar-refractivity contribution in [2.45, 2.75) is 22.8 Å². The number of hydrogen-bond donors (Lipinski definition) is 2. The Hall–Kier alpha value is -2.36. The van der Waals surface area contributed by atoms with Crippen LogP contribution in [0.25, 0.3) is 0 Å². The number of esters is 1. The van der Waals surface area contributed by atoms with E-state index in [2.05, 4.69) is 5.32 Å². The first-order chi connectivity index (χ1) is 12.2. The summed E-state index contributed by atoms with van der Waals surface area (Å²) in [5, 5.41) is 7.56. The zero-order valence-electron chi connectivity index (χ0n) is 14.1. The number of carbonyl (C=O) groups excluding carboxylic acids is 2. The minimum atomic E-state index is -3.80. The van der Waals surface area contributed by atoms with E-state index in [1.165, 1.54) is 43.0 Å². The molecule has 0 bridgehead atoms. The van der Waals surface area contributed by atoms with Crippen LogP contribution in [0.5, 0.6) is 0 Å². The first kappa shape index (κ1) is 20.0. The van der Waals surface area contributed by atoms with Gasteiger partial charge in [-0.3, -0.25) is 4.79 Å². The van der Waals surface area contributed by atoms with Gasteiger partial charge in [-0.2, -0.15) is 0 Å². The summed E-state index contributed by atoms with van der Waals surface area (Å²) >= 11 is 1.40. The molecule has 0 spiro atoms. The smallest absolute Gasteiger partial charge is 0.340 e. The number of thioether (sulfide) groups is 1. The maximum absolute atomic E-state index is 12.3. The van der Waals surface area contributed by atoms with Crippen LogP contribution in [0.15, 0.2) is 58.3 Å². The lowest BCUT2D eigenvalue weighted by Crippen LogP contribution is -2.30. The quantitative estimate of drug-likeness (QED) is 0.573. The second kappa shape index (κ2) is 8.35. The second-order valence-electron chi connectivity index (χ2n) is 5.31. The van der Waals surface area contributed by atoms with Gasteiger partial charge in [0.15, 0.2) is 6.10 Å². The molecule has 0 saturated heterocycles. The monoisotopic (exact) mass is 394 g/mol. The number of carbonyl (C=O) groups is 2. The SMILES string of the molecule is CSc1ccccc1C(=O)O[C@H](C)C(=O)Nc1ccc(S(N)(=O)=O)cc1. The molecular formula is C17H18N2O5S2. The molecule has 0 aliphatic heterocycles. The summed E-state index contributed by atoms with van der Waals surface area (Å²) in [6, 6.07) is 12.3. The van der Waals surface area contributed by atoms with Crippen molar-refractivity contribution < 1.29 is 22.7 Å². The molecule has 1 amide bonds. The number of sulfonamides is 1. The van der Waals surface area contributed by atoms with Gasteiger partial charge in [-0.25, -0.2) is 18.4 Å². The summed E-state index contributed by atoms with van der Waals surface area (Å²) in [4.78, 5) is 25.1. The van der Waals surface area contributed by atoms with E-state index in [1.807, 2.05) is 12.3 Å². The number of amides is 1. The van der Waals surface area contributed by atoms with Crippen LogP contribution in [0.4, 0.5) is 5.69 Å². The molecule has 7 nitrogen and oxygen atoms in total. The van der Waals surface area contributed by atoms with E-state index in [4.69, 9.17) is 9.88 Å². The summed E-state index contributed by atoms with van der Waals surface area (Å²) in [6.45, 7) is 1.45. The molecule has 2 aromatic rings. The zero-order chi connectivity index (χ0) is 19.3. The molecular weight excluding hydrogens is 376 g/mol. The fraction of sp³-hybridized carbons (Fsp3) is 0.176. The lowest BCUT2D eigenvalue weighted by atomic mass is 10.2. The van der Waals surface area contributed by atoms with Gasteiger partial charge in [0.2, 0.25) is 10.0 Å². The first-order valence-electron chi connectivity index (χ1n) is 7.50. The molecule has 0 aromatic heterocycles.